The van der Waals surface area contributed by atoms with E-state index in [1.807, 2.05) is 25.1 Å². The molecule has 3 nitrogen and oxygen atoms in total. The Bertz CT molecular complexity index is 540. The summed E-state index contributed by atoms with van der Waals surface area (Å²) in [6, 6.07) is 5.85. The van der Waals surface area contributed by atoms with Crippen molar-refractivity contribution in [1.82, 2.24) is 5.32 Å². The zero-order valence-electron chi connectivity index (χ0n) is 13.3. The number of rotatable bonds is 7. The number of amides is 1. The molecule has 0 aromatic heterocycles. The van der Waals surface area contributed by atoms with Gasteiger partial charge in [-0.3, -0.25) is 4.79 Å². The first-order valence-corrected chi connectivity index (χ1v) is 8.89. The molecule has 4 heteroatoms. The highest BCUT2D eigenvalue weighted by Crippen LogP contribution is 2.20. The summed E-state index contributed by atoms with van der Waals surface area (Å²) in [5, 5.41) is 6.30. The minimum Gasteiger partial charge on any atom is -0.326 e. The summed E-state index contributed by atoms with van der Waals surface area (Å²) in [7, 11) is 0. The molecule has 120 valence electrons. The maximum Gasteiger partial charge on any atom is 0.225 e. The molecular weight excluding hydrogens is 340 g/mol. The van der Waals surface area contributed by atoms with Crippen molar-refractivity contribution < 1.29 is 4.79 Å². The quantitative estimate of drug-likeness (QED) is 0.549. The van der Waals surface area contributed by atoms with Gasteiger partial charge in [-0.05, 0) is 69.3 Å². The molecule has 1 amide bonds. The first kappa shape index (κ1) is 17.2. The molecule has 22 heavy (non-hydrogen) atoms. The number of hydrogen-bond acceptors (Lipinski definition) is 2. The first-order valence-electron chi connectivity index (χ1n) is 8.10. The van der Waals surface area contributed by atoms with Crippen LogP contribution in [0.5, 0.6) is 0 Å². The fraction of sp³-hybridized carbons (Fsp3) is 0.500. The number of carbonyl (C=O) groups is 1. The Morgan fingerprint density at radius 1 is 1.27 bits per heavy atom. The molecule has 0 saturated carbocycles. The van der Waals surface area contributed by atoms with E-state index >= 15 is 0 Å². The van der Waals surface area contributed by atoms with Crippen molar-refractivity contribution in [2.24, 2.45) is 0 Å². The van der Waals surface area contributed by atoms with E-state index in [1.54, 1.807) is 5.57 Å². The van der Waals surface area contributed by atoms with Gasteiger partial charge >= 0.3 is 0 Å². The molecule has 1 aromatic rings. The molecule has 1 aliphatic rings. The second-order valence-corrected chi connectivity index (χ2v) is 6.72. The number of carbonyl (C=O) groups excluding carboxylic acids is 1. The van der Waals surface area contributed by atoms with Crippen molar-refractivity contribution in [1.29, 1.82) is 0 Å². The zero-order chi connectivity index (χ0) is 15.8. The highest BCUT2D eigenvalue weighted by atomic mass is 79.9. The number of allylic oxidation sites excluding steroid dienone is 1. The Kier molecular flexibility index (Phi) is 7.13. The molecule has 0 fully saturated rings. The molecule has 0 radical (unpaired) electrons. The molecule has 2 rings (SSSR count). The molecule has 0 atom stereocenters. The number of hydrogen-bond donors (Lipinski definition) is 2. The van der Waals surface area contributed by atoms with Gasteiger partial charge < -0.3 is 10.6 Å². The third-order valence-corrected chi connectivity index (χ3v) is 4.87. The summed E-state index contributed by atoms with van der Waals surface area (Å²) in [5.41, 5.74) is 3.56. The van der Waals surface area contributed by atoms with Crippen LogP contribution in [-0.2, 0) is 4.79 Å². The van der Waals surface area contributed by atoms with Crippen LogP contribution in [0.1, 0.15) is 44.1 Å². The van der Waals surface area contributed by atoms with E-state index in [1.165, 1.54) is 25.7 Å². The van der Waals surface area contributed by atoms with E-state index in [2.05, 4.69) is 32.6 Å². The van der Waals surface area contributed by atoms with E-state index in [-0.39, 0.29) is 5.91 Å². The lowest BCUT2D eigenvalue weighted by Gasteiger charge is -2.13. The largest absolute Gasteiger partial charge is 0.326 e. The van der Waals surface area contributed by atoms with Gasteiger partial charge in [-0.15, -0.1) is 0 Å². The lowest BCUT2D eigenvalue weighted by molar-refractivity contribution is -0.116. The molecule has 2 N–H and O–H groups in total. The average molecular weight is 365 g/mol. The summed E-state index contributed by atoms with van der Waals surface area (Å²) >= 11 is 3.46. The van der Waals surface area contributed by atoms with Gasteiger partial charge in [0.2, 0.25) is 5.91 Å². The van der Waals surface area contributed by atoms with Crippen molar-refractivity contribution in [3.05, 3.63) is 39.9 Å². The molecular formula is C18H25BrN2O. The van der Waals surface area contributed by atoms with E-state index in [0.717, 1.165) is 35.2 Å². The Hall–Kier alpha value is -1.13. The Labute approximate surface area is 141 Å². The van der Waals surface area contributed by atoms with Gasteiger partial charge in [0, 0.05) is 23.1 Å². The van der Waals surface area contributed by atoms with E-state index < -0.39 is 0 Å². The second-order valence-electron chi connectivity index (χ2n) is 5.87. The van der Waals surface area contributed by atoms with Crippen molar-refractivity contribution in [2.45, 2.75) is 45.4 Å². The van der Waals surface area contributed by atoms with Crippen LogP contribution in [0.2, 0.25) is 0 Å². The van der Waals surface area contributed by atoms with Gasteiger partial charge in [0.15, 0.2) is 0 Å². The van der Waals surface area contributed by atoms with Gasteiger partial charge in [-0.2, -0.15) is 0 Å². The maximum absolute atomic E-state index is 11.9. The summed E-state index contributed by atoms with van der Waals surface area (Å²) < 4.78 is 1.06. The highest BCUT2D eigenvalue weighted by molar-refractivity contribution is 9.10. The van der Waals surface area contributed by atoms with Crippen LogP contribution in [0.25, 0.3) is 0 Å². The maximum atomic E-state index is 11.9. The summed E-state index contributed by atoms with van der Waals surface area (Å²) in [4.78, 5) is 11.9. The normalized spacial score (nSPS) is 14.5. The summed E-state index contributed by atoms with van der Waals surface area (Å²) in [6.07, 6.45) is 9.18. The topological polar surface area (TPSA) is 41.1 Å². The van der Waals surface area contributed by atoms with Crippen molar-refractivity contribution >= 4 is 27.5 Å². The van der Waals surface area contributed by atoms with Gasteiger partial charge in [-0.1, -0.05) is 27.6 Å². The molecule has 0 saturated heterocycles. The molecule has 0 spiro atoms. The van der Waals surface area contributed by atoms with Crippen LogP contribution in [0.4, 0.5) is 5.69 Å². The molecule has 0 aliphatic heterocycles. The SMILES string of the molecule is Cc1cc(NC(=O)CCNCCC2=CCCCC2)ccc1Br. The van der Waals surface area contributed by atoms with Crippen LogP contribution in [0.3, 0.4) is 0 Å². The van der Waals surface area contributed by atoms with Crippen LogP contribution in [0.15, 0.2) is 34.3 Å². The third kappa shape index (κ3) is 5.93. The predicted octanol–water partition coefficient (Wildman–Crippen LogP) is 4.57. The molecule has 1 aliphatic carbocycles. The fourth-order valence-electron chi connectivity index (χ4n) is 2.65. The lowest BCUT2D eigenvalue weighted by Crippen LogP contribution is -2.23. The lowest BCUT2D eigenvalue weighted by atomic mass is 9.97. The van der Waals surface area contributed by atoms with Crippen molar-refractivity contribution in [3.8, 4) is 0 Å². The number of benzene rings is 1. The molecule has 0 heterocycles. The standard InChI is InChI=1S/C18H25BrN2O/c1-14-13-16(7-8-17(14)19)21-18(22)10-12-20-11-9-15-5-3-2-4-6-15/h5,7-8,13,20H,2-4,6,9-12H2,1H3,(H,21,22). The van der Waals surface area contributed by atoms with Crippen molar-refractivity contribution in [3.63, 3.8) is 0 Å². The van der Waals surface area contributed by atoms with Crippen LogP contribution in [-0.4, -0.2) is 19.0 Å². The van der Waals surface area contributed by atoms with E-state index in [0.29, 0.717) is 6.42 Å². The second kappa shape index (κ2) is 9.11. The van der Waals surface area contributed by atoms with E-state index in [9.17, 15) is 4.79 Å². The van der Waals surface area contributed by atoms with Crippen LogP contribution >= 0.6 is 15.9 Å². The van der Waals surface area contributed by atoms with Gasteiger partial charge in [0.25, 0.3) is 0 Å². The van der Waals surface area contributed by atoms with Gasteiger partial charge in [0.1, 0.15) is 0 Å². The smallest absolute Gasteiger partial charge is 0.225 e. The third-order valence-electron chi connectivity index (χ3n) is 3.98. The van der Waals surface area contributed by atoms with Crippen LogP contribution < -0.4 is 10.6 Å². The minimum atomic E-state index is 0.0612. The summed E-state index contributed by atoms with van der Waals surface area (Å²) in [5.74, 6) is 0.0612. The number of anilines is 1. The first-order chi connectivity index (χ1) is 10.6. The predicted molar refractivity (Wildman–Crippen MR) is 96.2 cm³/mol. The number of aryl methyl sites for hydroxylation is 1. The Morgan fingerprint density at radius 2 is 2.14 bits per heavy atom. The van der Waals surface area contributed by atoms with Crippen LogP contribution in [0, 0.1) is 6.92 Å². The number of halogens is 1. The average Bonchev–Trinajstić information content (AvgIpc) is 2.52. The molecule has 0 unspecified atom stereocenters. The van der Waals surface area contributed by atoms with E-state index in [4.69, 9.17) is 0 Å². The van der Waals surface area contributed by atoms with Gasteiger partial charge in [0.05, 0.1) is 0 Å². The Morgan fingerprint density at radius 3 is 2.86 bits per heavy atom. The monoisotopic (exact) mass is 364 g/mol. The zero-order valence-corrected chi connectivity index (χ0v) is 14.8. The molecule has 1 aromatic carbocycles. The van der Waals surface area contributed by atoms with Gasteiger partial charge in [-0.25, -0.2) is 0 Å². The minimum absolute atomic E-state index is 0.0612. The highest BCUT2D eigenvalue weighted by Gasteiger charge is 2.05. The summed E-state index contributed by atoms with van der Waals surface area (Å²) in [6.45, 7) is 3.71. The number of nitrogens with one attached hydrogen (secondary N) is 2. The Balaban J connectivity index is 1.61. The molecule has 0 bridgehead atoms. The van der Waals surface area contributed by atoms with Crippen molar-refractivity contribution in [2.75, 3.05) is 18.4 Å². The fourth-order valence-corrected chi connectivity index (χ4v) is 2.90.